The normalized spacial score (nSPS) is 11.2. The van der Waals surface area contributed by atoms with E-state index in [1.54, 1.807) is 42.5 Å². The third-order valence-corrected chi connectivity index (χ3v) is 6.62. The Labute approximate surface area is 193 Å². The highest BCUT2D eigenvalue weighted by atomic mass is 35.5. The van der Waals surface area contributed by atoms with Gasteiger partial charge in [0.05, 0.1) is 21.7 Å². The number of amides is 1. The van der Waals surface area contributed by atoms with Crippen molar-refractivity contribution in [3.8, 4) is 5.75 Å². The van der Waals surface area contributed by atoms with E-state index < -0.39 is 22.5 Å². The highest BCUT2D eigenvalue weighted by Crippen LogP contribution is 2.30. The lowest BCUT2D eigenvalue weighted by molar-refractivity contribution is -0.119. The quantitative estimate of drug-likeness (QED) is 0.492. The summed E-state index contributed by atoms with van der Waals surface area (Å²) in [5, 5.41) is 3.01. The number of carbonyl (C=O) groups is 1. The second kappa shape index (κ2) is 10.5. The van der Waals surface area contributed by atoms with E-state index in [1.165, 1.54) is 12.1 Å². The van der Waals surface area contributed by atoms with E-state index in [2.05, 4.69) is 5.32 Å². The molecule has 0 bridgehead atoms. The van der Waals surface area contributed by atoms with E-state index in [0.717, 1.165) is 15.6 Å². The van der Waals surface area contributed by atoms with Gasteiger partial charge in [0.2, 0.25) is 5.91 Å². The molecule has 0 aliphatic heterocycles. The molecule has 0 atom stereocenters. The van der Waals surface area contributed by atoms with Crippen LogP contribution in [0.5, 0.6) is 5.75 Å². The minimum Gasteiger partial charge on any atom is -0.491 e. The number of halogens is 1. The molecule has 0 aliphatic rings. The number of rotatable bonds is 9. The van der Waals surface area contributed by atoms with Crippen molar-refractivity contribution in [1.82, 2.24) is 5.32 Å². The SMILES string of the molecule is CC(C)Oc1ccc(CNC(=O)CN(c2ccccc2Cl)S(=O)(=O)c2ccccc2)cc1. The Morgan fingerprint density at radius 2 is 1.59 bits per heavy atom. The van der Waals surface area contributed by atoms with Gasteiger partial charge in [0, 0.05) is 6.54 Å². The second-order valence-electron chi connectivity index (χ2n) is 7.36. The number of hydrogen-bond donors (Lipinski definition) is 1. The van der Waals surface area contributed by atoms with Crippen LogP contribution in [0.3, 0.4) is 0 Å². The third kappa shape index (κ3) is 6.02. The summed E-state index contributed by atoms with van der Waals surface area (Å²) in [6, 6.07) is 21.9. The maximum absolute atomic E-state index is 13.3. The Kier molecular flexibility index (Phi) is 7.77. The predicted octanol–water partition coefficient (Wildman–Crippen LogP) is 4.64. The van der Waals surface area contributed by atoms with Gasteiger partial charge in [0.15, 0.2) is 0 Å². The van der Waals surface area contributed by atoms with E-state index in [1.807, 2.05) is 38.1 Å². The Balaban J connectivity index is 1.76. The number of ether oxygens (including phenoxy) is 1. The number of hydrogen-bond acceptors (Lipinski definition) is 4. The molecule has 0 heterocycles. The molecule has 0 spiro atoms. The van der Waals surface area contributed by atoms with Crippen LogP contribution in [-0.2, 0) is 21.4 Å². The summed E-state index contributed by atoms with van der Waals surface area (Å²) in [6.07, 6.45) is 0.0721. The van der Waals surface area contributed by atoms with Crippen LogP contribution in [0.25, 0.3) is 0 Å². The minimum absolute atomic E-state index is 0.0721. The van der Waals surface area contributed by atoms with E-state index in [4.69, 9.17) is 16.3 Å². The minimum atomic E-state index is -4.00. The zero-order chi connectivity index (χ0) is 23.1. The highest BCUT2D eigenvalue weighted by Gasteiger charge is 2.28. The van der Waals surface area contributed by atoms with Crippen molar-refractivity contribution in [2.75, 3.05) is 10.8 Å². The van der Waals surface area contributed by atoms with E-state index in [-0.39, 0.29) is 28.3 Å². The molecule has 3 aromatic carbocycles. The summed E-state index contributed by atoms with van der Waals surface area (Å²) in [4.78, 5) is 12.8. The summed E-state index contributed by atoms with van der Waals surface area (Å²) in [7, 11) is -4.00. The Hall–Kier alpha value is -3.03. The van der Waals surface area contributed by atoms with Crippen LogP contribution in [0, 0.1) is 0 Å². The molecule has 3 aromatic rings. The molecule has 168 valence electrons. The maximum Gasteiger partial charge on any atom is 0.264 e. The first-order chi connectivity index (χ1) is 15.3. The lowest BCUT2D eigenvalue weighted by Gasteiger charge is -2.25. The van der Waals surface area contributed by atoms with Crippen molar-refractivity contribution in [2.24, 2.45) is 0 Å². The molecule has 0 aromatic heterocycles. The summed E-state index contributed by atoms with van der Waals surface area (Å²) >= 11 is 6.27. The first kappa shape index (κ1) is 23.6. The topological polar surface area (TPSA) is 75.7 Å². The van der Waals surface area contributed by atoms with Crippen LogP contribution in [0.15, 0.2) is 83.8 Å². The summed E-state index contributed by atoms with van der Waals surface area (Å²) in [5.41, 5.74) is 1.10. The van der Waals surface area contributed by atoms with Gasteiger partial charge in [-0.25, -0.2) is 8.42 Å². The zero-order valence-electron chi connectivity index (χ0n) is 17.9. The van der Waals surface area contributed by atoms with Crippen molar-refractivity contribution >= 4 is 33.2 Å². The molecule has 1 amide bonds. The fourth-order valence-electron chi connectivity index (χ4n) is 3.02. The molecule has 0 fully saturated rings. The number of para-hydroxylation sites is 1. The predicted molar refractivity (Wildman–Crippen MR) is 126 cm³/mol. The zero-order valence-corrected chi connectivity index (χ0v) is 19.4. The van der Waals surface area contributed by atoms with Gasteiger partial charge in [0.25, 0.3) is 10.0 Å². The molecular formula is C24H25ClN2O4S. The fourth-order valence-corrected chi connectivity index (χ4v) is 4.77. The van der Waals surface area contributed by atoms with Crippen LogP contribution in [0.2, 0.25) is 5.02 Å². The number of benzene rings is 3. The molecular weight excluding hydrogens is 448 g/mol. The van der Waals surface area contributed by atoms with Crippen molar-refractivity contribution in [1.29, 1.82) is 0 Å². The summed E-state index contributed by atoms with van der Waals surface area (Å²) in [5.74, 6) is 0.292. The third-order valence-electron chi connectivity index (χ3n) is 4.52. The number of anilines is 1. The average molecular weight is 473 g/mol. The largest absolute Gasteiger partial charge is 0.491 e. The van der Waals surface area contributed by atoms with Crippen LogP contribution < -0.4 is 14.4 Å². The van der Waals surface area contributed by atoms with Gasteiger partial charge in [-0.05, 0) is 55.8 Å². The Bertz CT molecular complexity index is 1150. The highest BCUT2D eigenvalue weighted by molar-refractivity contribution is 7.92. The standard InChI is InChI=1S/C24H25ClN2O4S/c1-18(2)31-20-14-12-19(13-15-20)16-26-24(28)17-27(23-11-7-6-10-22(23)25)32(29,30)21-8-4-3-5-9-21/h3-15,18H,16-17H2,1-2H3,(H,26,28). The molecule has 8 heteroatoms. The van der Waals surface area contributed by atoms with Gasteiger partial charge in [-0.3, -0.25) is 9.10 Å². The molecule has 0 unspecified atom stereocenters. The van der Waals surface area contributed by atoms with Crippen LogP contribution >= 0.6 is 11.6 Å². The molecule has 0 aliphatic carbocycles. The molecule has 32 heavy (non-hydrogen) atoms. The first-order valence-corrected chi connectivity index (χ1v) is 11.9. The number of nitrogens with one attached hydrogen (secondary N) is 1. The second-order valence-corrected chi connectivity index (χ2v) is 9.63. The van der Waals surface area contributed by atoms with Crippen LogP contribution in [0.1, 0.15) is 19.4 Å². The molecule has 0 radical (unpaired) electrons. The average Bonchev–Trinajstić information content (AvgIpc) is 2.78. The monoisotopic (exact) mass is 472 g/mol. The van der Waals surface area contributed by atoms with E-state index in [0.29, 0.717) is 0 Å². The Morgan fingerprint density at radius 1 is 0.969 bits per heavy atom. The van der Waals surface area contributed by atoms with Gasteiger partial charge in [0.1, 0.15) is 12.3 Å². The van der Waals surface area contributed by atoms with Gasteiger partial charge in [-0.15, -0.1) is 0 Å². The molecule has 0 saturated heterocycles. The maximum atomic E-state index is 13.3. The van der Waals surface area contributed by atoms with Crippen molar-refractivity contribution in [3.63, 3.8) is 0 Å². The van der Waals surface area contributed by atoms with Gasteiger partial charge >= 0.3 is 0 Å². The van der Waals surface area contributed by atoms with Gasteiger partial charge in [-0.1, -0.05) is 54.1 Å². The molecule has 3 rings (SSSR count). The van der Waals surface area contributed by atoms with Crippen LogP contribution in [0.4, 0.5) is 5.69 Å². The van der Waals surface area contributed by atoms with E-state index >= 15 is 0 Å². The fraction of sp³-hybridized carbons (Fsp3) is 0.208. The van der Waals surface area contributed by atoms with Gasteiger partial charge in [-0.2, -0.15) is 0 Å². The Morgan fingerprint density at radius 3 is 2.22 bits per heavy atom. The lowest BCUT2D eigenvalue weighted by Crippen LogP contribution is -2.40. The van der Waals surface area contributed by atoms with Crippen molar-refractivity contribution in [2.45, 2.75) is 31.4 Å². The number of nitrogens with zero attached hydrogens (tertiary/aromatic N) is 1. The first-order valence-electron chi connectivity index (χ1n) is 10.1. The summed E-state index contributed by atoms with van der Waals surface area (Å²) in [6.45, 7) is 3.74. The number of sulfonamides is 1. The van der Waals surface area contributed by atoms with E-state index in [9.17, 15) is 13.2 Å². The molecule has 0 saturated carbocycles. The number of carbonyl (C=O) groups excluding carboxylic acids is 1. The van der Waals surface area contributed by atoms with Crippen molar-refractivity contribution in [3.05, 3.63) is 89.4 Å². The van der Waals surface area contributed by atoms with Crippen molar-refractivity contribution < 1.29 is 17.9 Å². The smallest absolute Gasteiger partial charge is 0.264 e. The molecule has 6 nitrogen and oxygen atoms in total. The molecule has 1 N–H and O–H groups in total. The van der Waals surface area contributed by atoms with Gasteiger partial charge < -0.3 is 10.1 Å². The van der Waals surface area contributed by atoms with Crippen LogP contribution in [-0.4, -0.2) is 27.0 Å². The summed E-state index contributed by atoms with van der Waals surface area (Å²) < 4.78 is 33.2. The lowest BCUT2D eigenvalue weighted by atomic mass is 10.2.